The Morgan fingerprint density at radius 1 is 1.22 bits per heavy atom. The molecular weight excluding hydrogens is 254 g/mol. The molecule has 2 saturated heterocycles. The van der Waals surface area contributed by atoms with Gasteiger partial charge in [0.15, 0.2) is 0 Å². The van der Waals surface area contributed by atoms with E-state index in [2.05, 4.69) is 5.32 Å². The zero-order chi connectivity index (χ0) is 13.2. The first-order valence-electron chi connectivity index (χ1n) is 6.43. The minimum Gasteiger partial charge on any atom is -0.340 e. The molecule has 0 aliphatic carbocycles. The molecule has 2 fully saturated rings. The molecule has 0 aromatic rings. The van der Waals surface area contributed by atoms with Gasteiger partial charge in [-0.15, -0.1) is 0 Å². The normalized spacial score (nSPS) is 27.2. The SMILES string of the molecule is CS(=O)(=O)N1CCN(C(=O)[C@@H]2CCCNC2)CC1. The zero-order valence-electron chi connectivity index (χ0n) is 10.8. The molecule has 0 aromatic heterocycles. The largest absolute Gasteiger partial charge is 0.340 e. The highest BCUT2D eigenvalue weighted by Gasteiger charge is 2.30. The van der Waals surface area contributed by atoms with Gasteiger partial charge in [0, 0.05) is 32.7 Å². The molecular formula is C11H21N3O3S. The summed E-state index contributed by atoms with van der Waals surface area (Å²) in [5, 5.41) is 3.23. The number of hydrogen-bond acceptors (Lipinski definition) is 4. The van der Waals surface area contributed by atoms with E-state index in [1.54, 1.807) is 4.90 Å². The van der Waals surface area contributed by atoms with E-state index in [9.17, 15) is 13.2 Å². The van der Waals surface area contributed by atoms with Crippen molar-refractivity contribution < 1.29 is 13.2 Å². The van der Waals surface area contributed by atoms with E-state index in [0.29, 0.717) is 26.2 Å². The van der Waals surface area contributed by atoms with Gasteiger partial charge in [-0.3, -0.25) is 4.79 Å². The molecule has 0 saturated carbocycles. The molecule has 0 spiro atoms. The number of nitrogens with one attached hydrogen (secondary N) is 1. The predicted molar refractivity (Wildman–Crippen MR) is 68.6 cm³/mol. The number of carbonyl (C=O) groups is 1. The summed E-state index contributed by atoms with van der Waals surface area (Å²) >= 11 is 0. The molecule has 0 unspecified atom stereocenters. The monoisotopic (exact) mass is 275 g/mol. The van der Waals surface area contributed by atoms with Crippen molar-refractivity contribution in [2.75, 3.05) is 45.5 Å². The lowest BCUT2D eigenvalue weighted by Crippen LogP contribution is -2.53. The maximum Gasteiger partial charge on any atom is 0.227 e. The summed E-state index contributed by atoms with van der Waals surface area (Å²) in [6, 6.07) is 0. The molecule has 7 heteroatoms. The van der Waals surface area contributed by atoms with Crippen molar-refractivity contribution in [3.63, 3.8) is 0 Å². The van der Waals surface area contributed by atoms with Crippen LogP contribution in [0, 0.1) is 5.92 Å². The van der Waals surface area contributed by atoms with Gasteiger partial charge in [-0.2, -0.15) is 4.31 Å². The van der Waals surface area contributed by atoms with Crippen LogP contribution in [0.5, 0.6) is 0 Å². The Labute approximate surface area is 108 Å². The topological polar surface area (TPSA) is 69.7 Å². The average Bonchev–Trinajstić information content (AvgIpc) is 2.38. The van der Waals surface area contributed by atoms with Crippen LogP contribution in [0.4, 0.5) is 0 Å². The van der Waals surface area contributed by atoms with E-state index >= 15 is 0 Å². The molecule has 6 nitrogen and oxygen atoms in total. The van der Waals surface area contributed by atoms with Gasteiger partial charge in [0.2, 0.25) is 15.9 Å². The molecule has 1 atom stereocenters. The lowest BCUT2D eigenvalue weighted by Gasteiger charge is -2.36. The van der Waals surface area contributed by atoms with Crippen LogP contribution in [-0.2, 0) is 14.8 Å². The third-order valence-corrected chi connectivity index (χ3v) is 4.97. The molecule has 0 bridgehead atoms. The molecule has 2 rings (SSSR count). The summed E-state index contributed by atoms with van der Waals surface area (Å²) in [4.78, 5) is 14.0. The molecule has 18 heavy (non-hydrogen) atoms. The second-order valence-electron chi connectivity index (χ2n) is 5.03. The highest BCUT2D eigenvalue weighted by atomic mass is 32.2. The molecule has 1 N–H and O–H groups in total. The van der Waals surface area contributed by atoms with Gasteiger partial charge < -0.3 is 10.2 Å². The van der Waals surface area contributed by atoms with Crippen LogP contribution in [0.2, 0.25) is 0 Å². The number of sulfonamides is 1. The van der Waals surface area contributed by atoms with Crippen molar-refractivity contribution in [1.29, 1.82) is 0 Å². The van der Waals surface area contributed by atoms with Crippen LogP contribution in [-0.4, -0.2) is 69.1 Å². The number of hydrogen-bond donors (Lipinski definition) is 1. The summed E-state index contributed by atoms with van der Waals surface area (Å²) in [6.07, 6.45) is 3.20. The molecule has 0 aromatic carbocycles. The predicted octanol–water partition coefficient (Wildman–Crippen LogP) is -0.910. The van der Waals surface area contributed by atoms with Crippen LogP contribution < -0.4 is 5.32 Å². The highest BCUT2D eigenvalue weighted by molar-refractivity contribution is 7.88. The van der Waals surface area contributed by atoms with Crippen LogP contribution in [0.25, 0.3) is 0 Å². The molecule has 104 valence electrons. The van der Waals surface area contributed by atoms with Crippen LogP contribution >= 0.6 is 0 Å². The maximum absolute atomic E-state index is 12.2. The number of amides is 1. The standard InChI is InChI=1S/C11H21N3O3S/c1-18(16,17)14-7-5-13(6-8-14)11(15)10-3-2-4-12-9-10/h10,12H,2-9H2,1H3/t10-/m1/s1. The second kappa shape index (κ2) is 5.54. The van der Waals surface area contributed by atoms with Gasteiger partial charge in [0.05, 0.1) is 12.2 Å². The Balaban J connectivity index is 1.87. The van der Waals surface area contributed by atoms with Crippen molar-refractivity contribution in [3.05, 3.63) is 0 Å². The first-order valence-corrected chi connectivity index (χ1v) is 8.28. The maximum atomic E-state index is 12.2. The third kappa shape index (κ3) is 3.21. The van der Waals surface area contributed by atoms with E-state index in [1.165, 1.54) is 10.6 Å². The zero-order valence-corrected chi connectivity index (χ0v) is 11.6. The van der Waals surface area contributed by atoms with Gasteiger partial charge in [0.1, 0.15) is 0 Å². The Bertz CT molecular complexity index is 396. The van der Waals surface area contributed by atoms with Gasteiger partial charge in [-0.1, -0.05) is 0 Å². The van der Waals surface area contributed by atoms with E-state index < -0.39 is 10.0 Å². The fraction of sp³-hybridized carbons (Fsp3) is 0.909. The number of rotatable bonds is 2. The summed E-state index contributed by atoms with van der Waals surface area (Å²) in [6.45, 7) is 3.62. The molecule has 2 aliphatic rings. The molecule has 1 amide bonds. The molecule has 2 heterocycles. The first kappa shape index (κ1) is 13.8. The van der Waals surface area contributed by atoms with E-state index in [4.69, 9.17) is 0 Å². The lowest BCUT2D eigenvalue weighted by molar-refractivity contribution is -0.137. The number of piperazine rings is 1. The minimum absolute atomic E-state index is 0.0727. The van der Waals surface area contributed by atoms with Crippen molar-refractivity contribution in [3.8, 4) is 0 Å². The summed E-state index contributed by atoms with van der Waals surface area (Å²) in [5.74, 6) is 0.249. The van der Waals surface area contributed by atoms with Crippen molar-refractivity contribution in [2.24, 2.45) is 5.92 Å². The van der Waals surface area contributed by atoms with Crippen LogP contribution in [0.15, 0.2) is 0 Å². The number of carbonyl (C=O) groups excluding carboxylic acids is 1. The Kier molecular flexibility index (Phi) is 4.24. The third-order valence-electron chi connectivity index (χ3n) is 3.67. The smallest absolute Gasteiger partial charge is 0.227 e. The molecule has 0 radical (unpaired) electrons. The van der Waals surface area contributed by atoms with Crippen LogP contribution in [0.3, 0.4) is 0 Å². The van der Waals surface area contributed by atoms with E-state index in [1.807, 2.05) is 0 Å². The van der Waals surface area contributed by atoms with E-state index in [0.717, 1.165) is 25.9 Å². The minimum atomic E-state index is -3.12. The van der Waals surface area contributed by atoms with Gasteiger partial charge in [-0.05, 0) is 19.4 Å². The van der Waals surface area contributed by atoms with Gasteiger partial charge in [-0.25, -0.2) is 8.42 Å². The van der Waals surface area contributed by atoms with Crippen molar-refractivity contribution in [1.82, 2.24) is 14.5 Å². The van der Waals surface area contributed by atoms with Gasteiger partial charge >= 0.3 is 0 Å². The fourth-order valence-electron chi connectivity index (χ4n) is 2.56. The van der Waals surface area contributed by atoms with Crippen molar-refractivity contribution >= 4 is 15.9 Å². The highest BCUT2D eigenvalue weighted by Crippen LogP contribution is 2.15. The van der Waals surface area contributed by atoms with Crippen molar-refractivity contribution in [2.45, 2.75) is 12.8 Å². The summed E-state index contributed by atoms with van der Waals surface area (Å²) < 4.78 is 24.2. The van der Waals surface area contributed by atoms with Crippen LogP contribution in [0.1, 0.15) is 12.8 Å². The Morgan fingerprint density at radius 3 is 2.39 bits per heavy atom. The summed E-state index contributed by atoms with van der Waals surface area (Å²) in [5.41, 5.74) is 0. The average molecular weight is 275 g/mol. The quantitative estimate of drug-likeness (QED) is 0.708. The number of piperidine rings is 1. The van der Waals surface area contributed by atoms with E-state index in [-0.39, 0.29) is 11.8 Å². The first-order chi connectivity index (χ1) is 8.48. The second-order valence-corrected chi connectivity index (χ2v) is 7.01. The Morgan fingerprint density at radius 2 is 1.89 bits per heavy atom. The number of nitrogens with zero attached hydrogens (tertiary/aromatic N) is 2. The lowest BCUT2D eigenvalue weighted by atomic mass is 9.98. The summed E-state index contributed by atoms with van der Waals surface area (Å²) in [7, 11) is -3.12. The Hall–Kier alpha value is -0.660. The fourth-order valence-corrected chi connectivity index (χ4v) is 3.39. The van der Waals surface area contributed by atoms with Gasteiger partial charge in [0.25, 0.3) is 0 Å². The molecule has 2 aliphatic heterocycles.